The number of fused-ring (bicyclic) bond motifs is 7. The van der Waals surface area contributed by atoms with Gasteiger partial charge in [0.25, 0.3) is 0 Å². The van der Waals surface area contributed by atoms with E-state index in [-0.39, 0.29) is 5.92 Å². The zero-order valence-electron chi connectivity index (χ0n) is 34.7. The predicted octanol–water partition coefficient (Wildman–Crippen LogP) is 14.4. The first-order valence-corrected chi connectivity index (χ1v) is 21.5. The van der Waals surface area contributed by atoms with Crippen LogP contribution in [0.5, 0.6) is 0 Å². The second-order valence-corrected chi connectivity index (χ2v) is 16.3. The Morgan fingerprint density at radius 3 is 1.39 bits per heavy atom. The first-order valence-electron chi connectivity index (χ1n) is 21.5. The number of rotatable bonds is 6. The molecular weight excluding hydrogens is 751 g/mol. The van der Waals surface area contributed by atoms with Crippen molar-refractivity contribution >= 4 is 11.1 Å². The summed E-state index contributed by atoms with van der Waals surface area (Å²) in [5.41, 5.74) is 18.5. The Bertz CT molecular complexity index is 3020. The maximum atomic E-state index is 5.29. The molecule has 0 radical (unpaired) electrons. The molecule has 7 aromatic carbocycles. The molecule has 11 rings (SSSR count). The third-order valence-electron chi connectivity index (χ3n) is 12.7. The second kappa shape index (κ2) is 15.4. The first-order chi connectivity index (χ1) is 30.6. The highest BCUT2D eigenvalue weighted by Gasteiger charge is 2.54. The van der Waals surface area contributed by atoms with Gasteiger partial charge in [-0.15, -0.1) is 0 Å². The Hall–Kier alpha value is -7.75. The number of hydrogen-bond acceptors (Lipinski definition) is 3. The highest BCUT2D eigenvalue weighted by Crippen LogP contribution is 2.65. The topological polar surface area (TPSA) is 38.7 Å². The summed E-state index contributed by atoms with van der Waals surface area (Å²) in [5, 5.41) is 0. The zero-order valence-corrected chi connectivity index (χ0v) is 34.7. The lowest BCUT2D eigenvalue weighted by atomic mass is 9.67. The Balaban J connectivity index is 1.13. The average Bonchev–Trinajstić information content (AvgIpc) is 3.81. The summed E-state index contributed by atoms with van der Waals surface area (Å²) >= 11 is 0. The van der Waals surface area contributed by atoms with Crippen LogP contribution in [0.3, 0.4) is 0 Å². The van der Waals surface area contributed by atoms with Gasteiger partial charge in [0.2, 0.25) is 0 Å². The van der Waals surface area contributed by atoms with Crippen molar-refractivity contribution in [1.29, 1.82) is 0 Å². The summed E-state index contributed by atoms with van der Waals surface area (Å²) in [6, 6.07) is 65.0. The maximum absolute atomic E-state index is 5.29. The fourth-order valence-corrected chi connectivity index (χ4v) is 9.83. The van der Waals surface area contributed by atoms with Gasteiger partial charge in [0.05, 0.1) is 5.41 Å². The molecule has 8 aromatic rings. The molecule has 294 valence electrons. The van der Waals surface area contributed by atoms with Gasteiger partial charge in [-0.25, -0.2) is 15.0 Å². The highest BCUT2D eigenvalue weighted by atomic mass is 15.0. The number of hydrogen-bond donors (Lipinski definition) is 0. The van der Waals surface area contributed by atoms with E-state index in [0.29, 0.717) is 17.5 Å². The van der Waals surface area contributed by atoms with Crippen LogP contribution in [0.15, 0.2) is 230 Å². The number of allylic oxidation sites excluding steroid dienone is 10. The van der Waals surface area contributed by atoms with Crippen molar-refractivity contribution in [2.24, 2.45) is 5.92 Å². The molecule has 1 heterocycles. The minimum atomic E-state index is -0.510. The second-order valence-electron chi connectivity index (χ2n) is 16.3. The van der Waals surface area contributed by atoms with Crippen LogP contribution >= 0.6 is 0 Å². The smallest absolute Gasteiger partial charge is 0.164 e. The molecule has 0 bridgehead atoms. The average molecular weight is 794 g/mol. The summed E-state index contributed by atoms with van der Waals surface area (Å²) in [4.78, 5) is 15.7. The Morgan fingerprint density at radius 1 is 0.452 bits per heavy atom. The van der Waals surface area contributed by atoms with E-state index < -0.39 is 5.41 Å². The van der Waals surface area contributed by atoms with Gasteiger partial charge in [-0.05, 0) is 91.3 Å². The Morgan fingerprint density at radius 2 is 0.871 bits per heavy atom. The van der Waals surface area contributed by atoms with Gasteiger partial charge in [-0.2, -0.15) is 0 Å². The fraction of sp³-hybridized carbons (Fsp3) is 0.0678. The van der Waals surface area contributed by atoms with E-state index in [0.717, 1.165) is 27.8 Å². The third kappa shape index (κ3) is 6.08. The lowest BCUT2D eigenvalue weighted by Crippen LogP contribution is -2.28. The van der Waals surface area contributed by atoms with Crippen molar-refractivity contribution in [3.05, 3.63) is 258 Å². The molecule has 0 N–H and O–H groups in total. The molecule has 3 aliphatic rings. The summed E-state index contributed by atoms with van der Waals surface area (Å²) in [6.07, 6.45) is 13.5. The van der Waals surface area contributed by atoms with Crippen LogP contribution < -0.4 is 0 Å². The van der Waals surface area contributed by atoms with E-state index >= 15 is 0 Å². The first kappa shape index (κ1) is 37.3. The highest BCUT2D eigenvalue weighted by molar-refractivity contribution is 6.01. The van der Waals surface area contributed by atoms with Gasteiger partial charge in [-0.3, -0.25) is 0 Å². The standard InChI is InChI=1S/C59H43N3/c1-3-4-21-50-49-24-13-16-27-54(49)59(52-25-14-11-22-47(52)48-23-12-15-26-53(48)59)55(50)51-38-46(29-28-39(51)2)58-61-56(44-34-30-42(31-35-44)40-17-7-5-8-18-40)60-57(62-58)45-36-32-43(33-37-45)41-19-9-6-10-20-41/h3-39H,1-2H3/b4-3-,50-21-,55-51-. The lowest BCUT2D eigenvalue weighted by Gasteiger charge is -2.34. The third-order valence-corrected chi connectivity index (χ3v) is 12.7. The van der Waals surface area contributed by atoms with Gasteiger partial charge in [0, 0.05) is 16.7 Å². The van der Waals surface area contributed by atoms with E-state index in [1.54, 1.807) is 0 Å². The molecule has 0 saturated carbocycles. The van der Waals surface area contributed by atoms with Gasteiger partial charge >= 0.3 is 0 Å². The molecule has 0 amide bonds. The molecule has 1 spiro atoms. The summed E-state index contributed by atoms with van der Waals surface area (Å²) in [6.45, 7) is 4.40. The minimum absolute atomic E-state index is 0.116. The van der Waals surface area contributed by atoms with E-state index in [1.807, 2.05) is 12.1 Å². The van der Waals surface area contributed by atoms with Crippen LogP contribution in [0, 0.1) is 5.92 Å². The number of benzene rings is 7. The molecular formula is C59H43N3. The molecule has 3 heteroatoms. The van der Waals surface area contributed by atoms with E-state index in [9.17, 15) is 0 Å². The molecule has 3 aliphatic carbocycles. The maximum Gasteiger partial charge on any atom is 0.164 e. The van der Waals surface area contributed by atoms with Gasteiger partial charge < -0.3 is 0 Å². The normalized spacial score (nSPS) is 17.6. The fourth-order valence-electron chi connectivity index (χ4n) is 9.83. The van der Waals surface area contributed by atoms with Crippen LogP contribution in [0.1, 0.15) is 41.9 Å². The Kier molecular flexibility index (Phi) is 9.24. The quantitative estimate of drug-likeness (QED) is 0.168. The zero-order chi connectivity index (χ0) is 41.6. The minimum Gasteiger partial charge on any atom is -0.208 e. The molecule has 62 heavy (non-hydrogen) atoms. The van der Waals surface area contributed by atoms with Gasteiger partial charge in [0.1, 0.15) is 0 Å². The van der Waals surface area contributed by atoms with Gasteiger partial charge in [0.15, 0.2) is 17.5 Å². The van der Waals surface area contributed by atoms with Crippen molar-refractivity contribution in [1.82, 2.24) is 15.0 Å². The van der Waals surface area contributed by atoms with E-state index in [2.05, 4.69) is 220 Å². The van der Waals surface area contributed by atoms with Crippen molar-refractivity contribution in [3.63, 3.8) is 0 Å². The number of aromatic nitrogens is 3. The van der Waals surface area contributed by atoms with Crippen LogP contribution in [0.25, 0.3) is 67.3 Å². The monoisotopic (exact) mass is 793 g/mol. The van der Waals surface area contributed by atoms with Crippen molar-refractivity contribution in [2.75, 3.05) is 0 Å². The predicted molar refractivity (Wildman–Crippen MR) is 256 cm³/mol. The summed E-state index contributed by atoms with van der Waals surface area (Å²) in [7, 11) is 0. The van der Waals surface area contributed by atoms with Crippen molar-refractivity contribution < 1.29 is 0 Å². The number of nitrogens with zero attached hydrogens (tertiary/aromatic N) is 3. The SMILES string of the molecule is C\C=C/C=C1\C(=C2/C=C(c3nc(-c4ccc(-c5ccccc5)cc4)nc(-c4ccc(-c5ccccc5)cc4)n3)C=CC2C)C2(c3ccccc31)c1ccccc1-c1ccccc12. The molecule has 1 unspecified atom stereocenters. The van der Waals surface area contributed by atoms with Crippen LogP contribution in [0.4, 0.5) is 0 Å². The van der Waals surface area contributed by atoms with E-state index in [1.165, 1.54) is 61.2 Å². The van der Waals surface area contributed by atoms with Crippen LogP contribution in [-0.2, 0) is 5.41 Å². The Labute approximate surface area is 363 Å². The molecule has 0 aliphatic heterocycles. The molecule has 0 saturated heterocycles. The van der Waals surface area contributed by atoms with E-state index in [4.69, 9.17) is 15.0 Å². The lowest BCUT2D eigenvalue weighted by molar-refractivity contribution is 0.758. The molecule has 0 fully saturated rings. The van der Waals surface area contributed by atoms with Crippen LogP contribution in [0.2, 0.25) is 0 Å². The largest absolute Gasteiger partial charge is 0.208 e. The summed E-state index contributed by atoms with van der Waals surface area (Å²) in [5.74, 6) is 2.03. The molecule has 1 atom stereocenters. The van der Waals surface area contributed by atoms with Crippen molar-refractivity contribution in [3.8, 4) is 56.2 Å². The molecule has 3 nitrogen and oxygen atoms in total. The summed E-state index contributed by atoms with van der Waals surface area (Å²) < 4.78 is 0. The molecule has 1 aromatic heterocycles. The van der Waals surface area contributed by atoms with Crippen LogP contribution in [-0.4, -0.2) is 15.0 Å². The van der Waals surface area contributed by atoms with Gasteiger partial charge in [-0.1, -0.05) is 219 Å². The van der Waals surface area contributed by atoms with Crippen molar-refractivity contribution in [2.45, 2.75) is 19.3 Å².